The molecule has 1 aromatic rings. The van der Waals surface area contributed by atoms with Gasteiger partial charge in [0.25, 0.3) is 0 Å². The predicted molar refractivity (Wildman–Crippen MR) is 71.2 cm³/mol. The molecule has 0 bridgehead atoms. The molecule has 18 heavy (non-hydrogen) atoms. The van der Waals surface area contributed by atoms with E-state index in [1.807, 2.05) is 33.9 Å². The van der Waals surface area contributed by atoms with E-state index in [1.165, 1.54) is 6.42 Å². The van der Waals surface area contributed by atoms with E-state index in [-0.39, 0.29) is 11.3 Å². The van der Waals surface area contributed by atoms with Crippen molar-refractivity contribution in [2.75, 3.05) is 7.05 Å². The zero-order valence-corrected chi connectivity index (χ0v) is 12.0. The molecule has 2 rings (SSSR count). The molecule has 100 valence electrons. The van der Waals surface area contributed by atoms with Crippen molar-refractivity contribution in [3.05, 3.63) is 23.7 Å². The largest absolute Gasteiger partial charge is 0.464 e. The molecule has 3 heteroatoms. The van der Waals surface area contributed by atoms with E-state index >= 15 is 0 Å². The number of hydrogen-bond acceptors (Lipinski definition) is 2. The topological polar surface area (TPSA) is 33.5 Å². The van der Waals surface area contributed by atoms with Gasteiger partial charge in [-0.25, -0.2) is 0 Å². The van der Waals surface area contributed by atoms with Crippen LogP contribution in [0.3, 0.4) is 0 Å². The van der Waals surface area contributed by atoms with Crippen molar-refractivity contribution in [2.45, 2.75) is 46.6 Å². The summed E-state index contributed by atoms with van der Waals surface area (Å²) in [4.78, 5) is 13.8. The Bertz CT molecular complexity index is 442. The minimum Gasteiger partial charge on any atom is -0.464 e. The highest BCUT2D eigenvalue weighted by Gasteiger charge is 2.36. The van der Waals surface area contributed by atoms with Crippen LogP contribution in [0.4, 0.5) is 0 Å². The van der Waals surface area contributed by atoms with Crippen molar-refractivity contribution >= 4 is 5.91 Å². The normalized spacial score (nSPS) is 22.9. The van der Waals surface area contributed by atoms with Crippen molar-refractivity contribution in [3.8, 4) is 0 Å². The average Bonchev–Trinajstić information content (AvgIpc) is 2.81. The molecule has 1 fully saturated rings. The number of amides is 1. The van der Waals surface area contributed by atoms with Gasteiger partial charge >= 0.3 is 0 Å². The van der Waals surface area contributed by atoms with E-state index in [1.54, 1.807) is 4.90 Å². The number of rotatable bonds is 3. The summed E-state index contributed by atoms with van der Waals surface area (Å²) in [5, 5.41) is 0. The lowest BCUT2D eigenvalue weighted by atomic mass is 9.95. The van der Waals surface area contributed by atoms with E-state index in [0.717, 1.165) is 17.4 Å². The van der Waals surface area contributed by atoms with E-state index in [2.05, 4.69) is 13.0 Å². The summed E-state index contributed by atoms with van der Waals surface area (Å²) in [7, 11) is 1.83. The molecule has 1 aliphatic rings. The van der Waals surface area contributed by atoms with Gasteiger partial charge in [0, 0.05) is 18.4 Å². The van der Waals surface area contributed by atoms with Crippen molar-refractivity contribution in [1.29, 1.82) is 0 Å². The van der Waals surface area contributed by atoms with Gasteiger partial charge < -0.3 is 9.32 Å². The third-order valence-electron chi connectivity index (χ3n) is 3.54. The van der Waals surface area contributed by atoms with Gasteiger partial charge in [0.05, 0.1) is 6.54 Å². The monoisotopic (exact) mass is 249 g/mol. The lowest BCUT2D eigenvalue weighted by molar-refractivity contribution is -0.138. The fourth-order valence-electron chi connectivity index (χ4n) is 2.28. The molecule has 0 aliphatic heterocycles. The number of nitrogens with zero attached hydrogens (tertiary/aromatic N) is 1. The Labute approximate surface area is 109 Å². The summed E-state index contributed by atoms with van der Waals surface area (Å²) >= 11 is 0. The van der Waals surface area contributed by atoms with Crippen molar-refractivity contribution < 1.29 is 9.21 Å². The molecule has 2 atom stereocenters. The fourth-order valence-corrected chi connectivity index (χ4v) is 2.28. The molecule has 1 aromatic heterocycles. The second-order valence-corrected chi connectivity index (χ2v) is 6.53. The Morgan fingerprint density at radius 1 is 1.44 bits per heavy atom. The van der Waals surface area contributed by atoms with Crippen LogP contribution in [-0.4, -0.2) is 17.9 Å². The molecule has 0 spiro atoms. The lowest BCUT2D eigenvalue weighted by Gasteiger charge is -2.25. The zero-order chi connectivity index (χ0) is 13.5. The van der Waals surface area contributed by atoms with Crippen molar-refractivity contribution in [1.82, 2.24) is 4.90 Å². The number of hydrogen-bond donors (Lipinski definition) is 0. The second-order valence-electron chi connectivity index (χ2n) is 6.53. The highest BCUT2D eigenvalue weighted by molar-refractivity contribution is 5.81. The van der Waals surface area contributed by atoms with Gasteiger partial charge in [-0.2, -0.15) is 0 Å². The van der Waals surface area contributed by atoms with Crippen LogP contribution in [0.15, 0.2) is 16.5 Å². The molecule has 1 aliphatic carbocycles. The summed E-state index contributed by atoms with van der Waals surface area (Å²) in [5.74, 6) is 3.44. The van der Waals surface area contributed by atoms with Gasteiger partial charge in [0.1, 0.15) is 11.5 Å². The first-order chi connectivity index (χ1) is 8.29. The van der Waals surface area contributed by atoms with Crippen LogP contribution >= 0.6 is 0 Å². The Hall–Kier alpha value is -1.25. The van der Waals surface area contributed by atoms with Crippen LogP contribution < -0.4 is 0 Å². The maximum Gasteiger partial charge on any atom is 0.228 e. The molecule has 0 saturated heterocycles. The first-order valence-electron chi connectivity index (χ1n) is 6.63. The molecule has 0 aromatic carbocycles. The standard InChI is InChI=1S/C15H23NO2/c1-10-8-12(10)13-7-6-11(18-13)9-16(5)14(17)15(2,3)4/h6-7,10,12H,8-9H2,1-5H3. The van der Waals surface area contributed by atoms with Gasteiger partial charge in [-0.1, -0.05) is 27.7 Å². The van der Waals surface area contributed by atoms with Gasteiger partial charge in [0.15, 0.2) is 0 Å². The number of carbonyl (C=O) groups excluding carboxylic acids is 1. The van der Waals surface area contributed by atoms with E-state index in [4.69, 9.17) is 4.42 Å². The zero-order valence-electron chi connectivity index (χ0n) is 12.0. The average molecular weight is 249 g/mol. The maximum absolute atomic E-state index is 12.1. The number of carbonyl (C=O) groups is 1. The quantitative estimate of drug-likeness (QED) is 0.822. The summed E-state index contributed by atoms with van der Waals surface area (Å²) in [5.41, 5.74) is -0.338. The molecule has 3 nitrogen and oxygen atoms in total. The highest BCUT2D eigenvalue weighted by atomic mass is 16.3. The number of furan rings is 1. The van der Waals surface area contributed by atoms with Gasteiger partial charge in [-0.05, 0) is 24.5 Å². The van der Waals surface area contributed by atoms with Crippen LogP contribution in [0.2, 0.25) is 0 Å². The van der Waals surface area contributed by atoms with E-state index in [9.17, 15) is 4.79 Å². The third kappa shape index (κ3) is 2.77. The first kappa shape index (κ1) is 13.2. The smallest absolute Gasteiger partial charge is 0.228 e. The predicted octanol–water partition coefficient (Wildman–Crippen LogP) is 3.41. The Morgan fingerprint density at radius 3 is 2.56 bits per heavy atom. The fraction of sp³-hybridized carbons (Fsp3) is 0.667. The molecular weight excluding hydrogens is 226 g/mol. The summed E-state index contributed by atoms with van der Waals surface area (Å²) in [6, 6.07) is 4.05. The summed E-state index contributed by atoms with van der Waals surface area (Å²) < 4.78 is 5.82. The van der Waals surface area contributed by atoms with Crippen molar-refractivity contribution in [2.24, 2.45) is 11.3 Å². The summed E-state index contributed by atoms with van der Waals surface area (Å²) in [6.45, 7) is 8.60. The van der Waals surface area contributed by atoms with Crippen LogP contribution in [-0.2, 0) is 11.3 Å². The molecular formula is C15H23NO2. The molecule has 2 unspecified atom stereocenters. The summed E-state index contributed by atoms with van der Waals surface area (Å²) in [6.07, 6.45) is 1.23. The highest BCUT2D eigenvalue weighted by Crippen LogP contribution is 2.47. The van der Waals surface area contributed by atoms with Gasteiger partial charge in [0.2, 0.25) is 5.91 Å². The van der Waals surface area contributed by atoms with Crippen LogP contribution in [0, 0.1) is 11.3 Å². The van der Waals surface area contributed by atoms with E-state index < -0.39 is 0 Å². The Kier molecular flexibility index (Phi) is 3.26. The van der Waals surface area contributed by atoms with Crippen LogP contribution in [0.25, 0.3) is 0 Å². The maximum atomic E-state index is 12.1. The first-order valence-corrected chi connectivity index (χ1v) is 6.63. The Morgan fingerprint density at radius 2 is 2.06 bits per heavy atom. The SMILES string of the molecule is CC1CC1c1ccc(CN(C)C(=O)C(C)(C)C)o1. The Balaban J connectivity index is 1.97. The molecule has 0 N–H and O–H groups in total. The minimum atomic E-state index is -0.338. The second kappa shape index (κ2) is 4.45. The minimum absolute atomic E-state index is 0.139. The van der Waals surface area contributed by atoms with Crippen LogP contribution in [0.5, 0.6) is 0 Å². The van der Waals surface area contributed by atoms with Crippen LogP contribution in [0.1, 0.15) is 51.6 Å². The molecule has 1 heterocycles. The van der Waals surface area contributed by atoms with Crippen molar-refractivity contribution in [3.63, 3.8) is 0 Å². The third-order valence-corrected chi connectivity index (χ3v) is 3.54. The van der Waals surface area contributed by atoms with Gasteiger partial charge in [-0.15, -0.1) is 0 Å². The van der Waals surface area contributed by atoms with Gasteiger partial charge in [-0.3, -0.25) is 4.79 Å². The molecule has 0 radical (unpaired) electrons. The molecule has 1 saturated carbocycles. The van der Waals surface area contributed by atoms with E-state index in [0.29, 0.717) is 12.5 Å². The lowest BCUT2D eigenvalue weighted by Crippen LogP contribution is -2.36. The molecule has 1 amide bonds.